The molecule has 9 aromatic carbocycles. The van der Waals surface area contributed by atoms with Crippen molar-refractivity contribution in [1.82, 2.24) is 48.0 Å². The van der Waals surface area contributed by atoms with Gasteiger partial charge in [0.15, 0.2) is 0 Å². The first-order valence-electron chi connectivity index (χ1n) is 30.0. The van der Waals surface area contributed by atoms with Gasteiger partial charge in [-0.05, 0) is 6.92 Å². The molecule has 88 heavy (non-hydrogen) atoms. The van der Waals surface area contributed by atoms with Gasteiger partial charge >= 0.3 is 0 Å². The molecule has 4 aromatic heterocycles. The van der Waals surface area contributed by atoms with Crippen molar-refractivity contribution >= 4 is 0 Å². The fraction of sp³-hybridized carbons (Fsp3) is 0.143. The van der Waals surface area contributed by atoms with Crippen molar-refractivity contribution in [2.45, 2.75) is 46.2 Å². The number of hydrogen-bond donors (Lipinski definition) is 1. The van der Waals surface area contributed by atoms with Crippen LogP contribution in [0.4, 0.5) is 0 Å². The van der Waals surface area contributed by atoms with Crippen LogP contribution in [-0.2, 0) is 67.5 Å². The molecule has 0 aliphatic rings. The topological polar surface area (TPSA) is 98.0 Å². The molecular formula is C77H70N10O. The van der Waals surface area contributed by atoms with E-state index in [0.29, 0.717) is 39.3 Å². The van der Waals surface area contributed by atoms with E-state index in [1.807, 2.05) is 24.3 Å². The minimum absolute atomic E-state index is 0.245. The molecule has 0 saturated heterocycles. The molecule has 13 aromatic rings. The van der Waals surface area contributed by atoms with Crippen molar-refractivity contribution in [2.24, 2.45) is 28.2 Å². The molecule has 11 nitrogen and oxygen atoms in total. The zero-order valence-electron chi connectivity index (χ0n) is 50.4. The Balaban J connectivity index is 0.926. The zero-order valence-corrected chi connectivity index (χ0v) is 50.4. The van der Waals surface area contributed by atoms with Crippen LogP contribution in [0.25, 0.3) is 90.1 Å². The van der Waals surface area contributed by atoms with Crippen LogP contribution >= 0.6 is 0 Å². The number of aromatic nitrogens is 8. The lowest BCUT2D eigenvalue weighted by Crippen LogP contribution is -2.27. The minimum atomic E-state index is 0.245. The monoisotopic (exact) mass is 1150 g/mol. The summed E-state index contributed by atoms with van der Waals surface area (Å²) in [6.07, 6.45) is 0. The van der Waals surface area contributed by atoms with Crippen LogP contribution in [0.3, 0.4) is 0 Å². The van der Waals surface area contributed by atoms with E-state index in [1.54, 1.807) is 0 Å². The summed E-state index contributed by atoms with van der Waals surface area (Å²) in [5, 5.41) is 13.1. The summed E-state index contributed by atoms with van der Waals surface area (Å²) >= 11 is 0. The molecule has 0 aliphatic heterocycles. The Kier molecular flexibility index (Phi) is 16.3. The highest BCUT2D eigenvalue weighted by Gasteiger charge is 2.28. The maximum atomic E-state index is 13.1. The Hall–Kier alpha value is -10.5. The number of hydrogen-bond acceptors (Lipinski definition) is 7. The second-order valence-corrected chi connectivity index (χ2v) is 22.8. The highest BCUT2D eigenvalue weighted by molar-refractivity contribution is 5.82. The van der Waals surface area contributed by atoms with Gasteiger partial charge in [0.1, 0.15) is 29.0 Å². The van der Waals surface area contributed by atoms with Gasteiger partial charge in [-0.3, -0.25) is 9.80 Å². The Morgan fingerprint density at radius 1 is 0.284 bits per heavy atom. The molecule has 0 aliphatic carbocycles. The zero-order chi connectivity index (χ0) is 60.1. The van der Waals surface area contributed by atoms with Gasteiger partial charge in [-0.15, -0.1) is 0 Å². The highest BCUT2D eigenvalue weighted by Crippen LogP contribution is 2.39. The van der Waals surface area contributed by atoms with Crippen LogP contribution in [0, 0.1) is 6.92 Å². The third kappa shape index (κ3) is 11.7. The number of nitrogens with zero attached hydrogens (tertiary/aromatic N) is 10. The highest BCUT2D eigenvalue weighted by atomic mass is 16.3. The Morgan fingerprint density at radius 2 is 0.477 bits per heavy atom. The van der Waals surface area contributed by atoms with Crippen LogP contribution in [0.1, 0.15) is 40.0 Å². The van der Waals surface area contributed by atoms with Crippen LogP contribution in [0.2, 0.25) is 0 Å². The molecular weight excluding hydrogens is 1080 g/mol. The van der Waals surface area contributed by atoms with Gasteiger partial charge in [0.2, 0.25) is 0 Å². The molecule has 1 N–H and O–H groups in total. The first-order chi connectivity index (χ1) is 43.1. The average Bonchev–Trinajstić information content (AvgIpc) is 3.75. The van der Waals surface area contributed by atoms with E-state index in [2.05, 4.69) is 294 Å². The van der Waals surface area contributed by atoms with Gasteiger partial charge in [-0.2, -0.15) is 0 Å². The summed E-state index contributed by atoms with van der Waals surface area (Å²) in [4.78, 5) is 26.8. The predicted molar refractivity (Wildman–Crippen MR) is 355 cm³/mol. The largest absolute Gasteiger partial charge is 0.507 e. The van der Waals surface area contributed by atoms with Crippen molar-refractivity contribution < 1.29 is 5.11 Å². The van der Waals surface area contributed by atoms with E-state index in [-0.39, 0.29) is 5.75 Å². The minimum Gasteiger partial charge on any atom is -0.507 e. The summed E-state index contributed by atoms with van der Waals surface area (Å²) in [6.45, 7) is 4.71. The number of aryl methyl sites for hydroxylation is 1. The smallest absolute Gasteiger partial charge is 0.124 e. The van der Waals surface area contributed by atoms with Gasteiger partial charge in [0.25, 0.3) is 0 Å². The third-order valence-electron chi connectivity index (χ3n) is 16.8. The number of aromatic hydroxyl groups is 1. The number of rotatable bonds is 20. The summed E-state index contributed by atoms with van der Waals surface area (Å²) < 4.78 is 8.95. The quantitative estimate of drug-likeness (QED) is 0.0812. The summed E-state index contributed by atoms with van der Waals surface area (Å²) in [7, 11) is 8.48. The van der Waals surface area contributed by atoms with Crippen molar-refractivity contribution in [2.75, 3.05) is 0 Å². The molecule has 434 valence electrons. The molecule has 0 spiro atoms. The number of benzene rings is 9. The number of imidazole rings is 4. The fourth-order valence-corrected chi connectivity index (χ4v) is 12.4. The van der Waals surface area contributed by atoms with Gasteiger partial charge in [0, 0.05) is 96.9 Å². The second kappa shape index (κ2) is 25.2. The summed E-state index contributed by atoms with van der Waals surface area (Å²) in [5.74, 6) is 3.79. The first-order valence-corrected chi connectivity index (χ1v) is 30.0. The Labute approximate surface area is 515 Å². The third-order valence-corrected chi connectivity index (χ3v) is 16.8. The van der Waals surface area contributed by atoms with Crippen LogP contribution < -0.4 is 0 Å². The van der Waals surface area contributed by atoms with E-state index in [0.717, 1.165) is 130 Å². The lowest BCUT2D eigenvalue weighted by molar-refractivity contribution is 0.221. The molecule has 0 fully saturated rings. The summed E-state index contributed by atoms with van der Waals surface area (Å²) in [6, 6.07) is 88.2. The molecule has 13 rings (SSSR count). The molecule has 11 heteroatoms. The molecule has 0 saturated carbocycles. The van der Waals surface area contributed by atoms with Gasteiger partial charge < -0.3 is 23.4 Å². The van der Waals surface area contributed by atoms with Crippen molar-refractivity contribution in [3.8, 4) is 95.8 Å². The van der Waals surface area contributed by atoms with Crippen molar-refractivity contribution in [3.63, 3.8) is 0 Å². The molecule has 4 heterocycles. The Bertz CT molecular complexity index is 3940. The van der Waals surface area contributed by atoms with Crippen molar-refractivity contribution in [3.05, 3.63) is 295 Å². The molecule has 0 radical (unpaired) electrons. The average molecular weight is 1150 g/mol. The Morgan fingerprint density at radius 3 is 0.682 bits per heavy atom. The summed E-state index contributed by atoms with van der Waals surface area (Å²) in [5.41, 5.74) is 19.0. The van der Waals surface area contributed by atoms with Crippen molar-refractivity contribution in [1.29, 1.82) is 0 Å². The van der Waals surface area contributed by atoms with Crippen LogP contribution in [-0.4, -0.2) is 53.1 Å². The molecule has 0 bridgehead atoms. The standard InChI is InChI=1S/C77H70N10O/c1-54-46-63(48-86(50-65-78-69(55-30-14-6-15-31-55)73(82(65)2)59-38-22-10-23-39-59)51-66-79-70(56-32-16-7-17-33-56)74(83(66)3)60-40-24-11-25-41-60)77(88)64(47-54)49-87(52-67-80-71(57-34-18-8-19-35-57)75(84(67)4)61-42-26-12-27-43-61)53-68-81-72(58-36-20-9-21-37-58)76(85(68)5)62-44-28-13-29-45-62/h6-47,88H,48-53H2,1-5H3. The number of phenols is 1. The van der Waals surface area contributed by atoms with Crippen LogP contribution in [0.15, 0.2) is 255 Å². The van der Waals surface area contributed by atoms with Crippen LogP contribution in [0.5, 0.6) is 5.75 Å². The lowest BCUT2D eigenvalue weighted by Gasteiger charge is -2.26. The number of phenolic OH excluding ortho intramolecular Hbond substituents is 1. The fourth-order valence-electron chi connectivity index (χ4n) is 12.4. The molecule has 0 amide bonds. The van der Waals surface area contributed by atoms with E-state index in [4.69, 9.17) is 19.9 Å². The van der Waals surface area contributed by atoms with E-state index in [9.17, 15) is 5.11 Å². The molecule has 0 atom stereocenters. The van der Waals surface area contributed by atoms with E-state index < -0.39 is 0 Å². The maximum Gasteiger partial charge on any atom is 0.124 e. The predicted octanol–water partition coefficient (Wildman–Crippen LogP) is 16.4. The van der Waals surface area contributed by atoms with Gasteiger partial charge in [-0.25, -0.2) is 19.9 Å². The molecule has 0 unspecified atom stereocenters. The maximum absolute atomic E-state index is 13.1. The first kappa shape index (κ1) is 56.7. The lowest BCUT2D eigenvalue weighted by atomic mass is 10.0. The normalized spacial score (nSPS) is 11.5. The second-order valence-electron chi connectivity index (χ2n) is 22.8. The SMILES string of the molecule is Cc1cc(CN(Cc2nc(-c3ccccc3)c(-c3ccccc3)n2C)Cc2nc(-c3ccccc3)c(-c3ccccc3)n2C)c(O)c(CN(Cc2nc(-c3ccccc3)c(-c3ccccc3)n2C)Cc2nc(-c3ccccc3)c(-c3ccccc3)n2C)c1. The van der Waals surface area contributed by atoms with Gasteiger partial charge in [0.05, 0.1) is 71.7 Å². The van der Waals surface area contributed by atoms with E-state index >= 15 is 0 Å². The van der Waals surface area contributed by atoms with E-state index in [1.165, 1.54) is 0 Å². The van der Waals surface area contributed by atoms with Gasteiger partial charge in [-0.1, -0.05) is 260 Å².